The van der Waals surface area contributed by atoms with E-state index in [9.17, 15) is 9.59 Å². The van der Waals surface area contributed by atoms with E-state index in [0.29, 0.717) is 18.8 Å². The lowest BCUT2D eigenvalue weighted by molar-refractivity contribution is -0.128. The van der Waals surface area contributed by atoms with Crippen LogP contribution < -0.4 is 0 Å². The first kappa shape index (κ1) is 16.6. The standard InChI is InChI=1S/C15H21N3O3S2/c1-11-8-22-13(16-11)23-9-12(19)18-6-3-4-15(5-7-18)10-17(2)14(20)21-15/h8H,3-7,9-10H2,1-2H3/t15-/m0/s1. The Kier molecular flexibility index (Phi) is 4.82. The Balaban J connectivity index is 1.53. The summed E-state index contributed by atoms with van der Waals surface area (Å²) in [5.74, 6) is 0.553. The largest absolute Gasteiger partial charge is 0.441 e. The van der Waals surface area contributed by atoms with Crippen molar-refractivity contribution in [1.82, 2.24) is 14.8 Å². The molecule has 6 nitrogen and oxygen atoms in total. The first-order valence-electron chi connectivity index (χ1n) is 7.74. The lowest BCUT2D eigenvalue weighted by atomic mass is 9.95. The SMILES string of the molecule is Cc1csc(SCC(=O)N2CCC[C@]3(CC2)CN(C)C(=O)O3)n1. The summed E-state index contributed by atoms with van der Waals surface area (Å²) in [7, 11) is 1.76. The van der Waals surface area contributed by atoms with Crippen LogP contribution in [0.15, 0.2) is 9.72 Å². The summed E-state index contributed by atoms with van der Waals surface area (Å²) in [6.45, 7) is 3.97. The molecule has 2 aliphatic heterocycles. The minimum atomic E-state index is -0.402. The third-order valence-electron chi connectivity index (χ3n) is 4.31. The highest BCUT2D eigenvalue weighted by Gasteiger charge is 2.44. The number of likely N-dealkylation sites (N-methyl/N-ethyl adjacent to an activating group) is 1. The molecule has 0 radical (unpaired) electrons. The first-order valence-corrected chi connectivity index (χ1v) is 9.61. The second-order valence-corrected chi connectivity index (χ2v) is 8.27. The van der Waals surface area contributed by atoms with Crippen LogP contribution in [0.25, 0.3) is 0 Å². The Hall–Kier alpha value is -1.28. The minimum absolute atomic E-state index is 0.137. The summed E-state index contributed by atoms with van der Waals surface area (Å²) in [5, 5.41) is 1.99. The van der Waals surface area contributed by atoms with E-state index in [-0.39, 0.29) is 12.0 Å². The van der Waals surface area contributed by atoms with Crippen LogP contribution in [0.2, 0.25) is 0 Å². The zero-order valence-corrected chi connectivity index (χ0v) is 15.0. The smallest absolute Gasteiger partial charge is 0.410 e. The zero-order valence-electron chi connectivity index (χ0n) is 13.4. The Labute approximate surface area is 144 Å². The van der Waals surface area contributed by atoms with E-state index in [4.69, 9.17) is 4.74 Å². The summed E-state index contributed by atoms with van der Waals surface area (Å²) in [6, 6.07) is 0. The predicted octanol–water partition coefficient (Wildman–Crippen LogP) is 2.38. The van der Waals surface area contributed by atoms with E-state index in [2.05, 4.69) is 4.98 Å². The molecule has 3 heterocycles. The van der Waals surface area contributed by atoms with Crippen LogP contribution in [-0.2, 0) is 9.53 Å². The number of ether oxygens (including phenoxy) is 1. The van der Waals surface area contributed by atoms with Gasteiger partial charge in [0.1, 0.15) is 5.60 Å². The normalized spacial score (nSPS) is 24.9. The maximum absolute atomic E-state index is 12.4. The number of carbonyl (C=O) groups is 2. The number of aromatic nitrogens is 1. The molecule has 1 aromatic rings. The minimum Gasteiger partial charge on any atom is -0.441 e. The highest BCUT2D eigenvalue weighted by Crippen LogP contribution is 2.33. The fourth-order valence-electron chi connectivity index (χ4n) is 3.08. The highest BCUT2D eigenvalue weighted by atomic mass is 32.2. The topological polar surface area (TPSA) is 62.7 Å². The van der Waals surface area contributed by atoms with E-state index in [0.717, 1.165) is 35.8 Å². The van der Waals surface area contributed by atoms with Gasteiger partial charge in [0, 0.05) is 37.6 Å². The molecule has 0 aliphatic carbocycles. The van der Waals surface area contributed by atoms with Gasteiger partial charge in [-0.05, 0) is 19.8 Å². The number of hydrogen-bond donors (Lipinski definition) is 0. The van der Waals surface area contributed by atoms with Crippen molar-refractivity contribution in [3.8, 4) is 0 Å². The van der Waals surface area contributed by atoms with Gasteiger partial charge in [0.15, 0.2) is 4.34 Å². The van der Waals surface area contributed by atoms with Crippen molar-refractivity contribution in [3.05, 3.63) is 11.1 Å². The molecular formula is C15H21N3O3S2. The predicted molar refractivity (Wildman–Crippen MR) is 89.8 cm³/mol. The Morgan fingerprint density at radius 2 is 2.30 bits per heavy atom. The molecule has 1 aromatic heterocycles. The average molecular weight is 355 g/mol. The second-order valence-electron chi connectivity index (χ2n) is 6.18. The van der Waals surface area contributed by atoms with Crippen molar-refractivity contribution in [1.29, 1.82) is 0 Å². The molecule has 2 fully saturated rings. The Morgan fingerprint density at radius 1 is 1.48 bits per heavy atom. The van der Waals surface area contributed by atoms with Gasteiger partial charge in [-0.2, -0.15) is 0 Å². The number of aryl methyl sites for hydroxylation is 1. The molecule has 8 heteroatoms. The second kappa shape index (κ2) is 6.68. The van der Waals surface area contributed by atoms with Crippen molar-refractivity contribution >= 4 is 35.1 Å². The molecule has 0 aromatic carbocycles. The van der Waals surface area contributed by atoms with Crippen LogP contribution in [0.5, 0.6) is 0 Å². The first-order chi connectivity index (χ1) is 11.0. The van der Waals surface area contributed by atoms with E-state index in [1.165, 1.54) is 11.8 Å². The highest BCUT2D eigenvalue weighted by molar-refractivity contribution is 8.01. The van der Waals surface area contributed by atoms with Crippen LogP contribution in [0.3, 0.4) is 0 Å². The van der Waals surface area contributed by atoms with Gasteiger partial charge < -0.3 is 14.5 Å². The maximum atomic E-state index is 12.4. The van der Waals surface area contributed by atoms with Crippen LogP contribution in [0.4, 0.5) is 4.79 Å². The quantitative estimate of drug-likeness (QED) is 0.779. The number of nitrogens with zero attached hydrogens (tertiary/aromatic N) is 3. The summed E-state index contributed by atoms with van der Waals surface area (Å²) < 4.78 is 6.52. The molecule has 23 heavy (non-hydrogen) atoms. The number of carbonyl (C=O) groups excluding carboxylic acids is 2. The number of likely N-dealkylation sites (tertiary alicyclic amines) is 1. The van der Waals surface area contributed by atoms with Crippen LogP contribution >= 0.6 is 23.1 Å². The van der Waals surface area contributed by atoms with E-state index >= 15 is 0 Å². The van der Waals surface area contributed by atoms with Crippen molar-refractivity contribution in [3.63, 3.8) is 0 Å². The lowest BCUT2D eigenvalue weighted by Crippen LogP contribution is -2.37. The van der Waals surface area contributed by atoms with Gasteiger partial charge in [-0.15, -0.1) is 11.3 Å². The lowest BCUT2D eigenvalue weighted by Gasteiger charge is -2.25. The van der Waals surface area contributed by atoms with Gasteiger partial charge in [-0.25, -0.2) is 9.78 Å². The van der Waals surface area contributed by atoms with Gasteiger partial charge in [-0.3, -0.25) is 4.79 Å². The van der Waals surface area contributed by atoms with Crippen LogP contribution in [0, 0.1) is 6.92 Å². The molecule has 2 saturated heterocycles. The summed E-state index contributed by atoms with van der Waals surface area (Å²) in [5.41, 5.74) is 0.592. The monoisotopic (exact) mass is 355 g/mol. The van der Waals surface area contributed by atoms with Gasteiger partial charge in [0.05, 0.1) is 12.3 Å². The van der Waals surface area contributed by atoms with Gasteiger partial charge >= 0.3 is 6.09 Å². The van der Waals surface area contributed by atoms with Crippen molar-refractivity contribution in [2.45, 2.75) is 36.1 Å². The number of hydrogen-bond acceptors (Lipinski definition) is 6. The number of thioether (sulfide) groups is 1. The van der Waals surface area contributed by atoms with Gasteiger partial charge in [0.25, 0.3) is 0 Å². The fourth-order valence-corrected chi connectivity index (χ4v) is 4.83. The van der Waals surface area contributed by atoms with Gasteiger partial charge in [-0.1, -0.05) is 11.8 Å². The molecule has 0 N–H and O–H groups in total. The van der Waals surface area contributed by atoms with Crippen LogP contribution in [0.1, 0.15) is 25.0 Å². The number of thiazole rings is 1. The third-order valence-corrected chi connectivity index (χ3v) is 6.43. The summed E-state index contributed by atoms with van der Waals surface area (Å²) >= 11 is 3.07. The van der Waals surface area contributed by atoms with E-state index in [1.807, 2.05) is 17.2 Å². The molecule has 126 valence electrons. The Morgan fingerprint density at radius 3 is 2.96 bits per heavy atom. The molecule has 3 rings (SSSR count). The fraction of sp³-hybridized carbons (Fsp3) is 0.667. The summed E-state index contributed by atoms with van der Waals surface area (Å²) in [4.78, 5) is 32.0. The van der Waals surface area contributed by atoms with Crippen molar-refractivity contribution < 1.29 is 14.3 Å². The molecule has 0 unspecified atom stereocenters. The number of amides is 2. The third kappa shape index (κ3) is 3.80. The average Bonchev–Trinajstić information content (AvgIpc) is 2.96. The molecule has 1 atom stereocenters. The number of rotatable bonds is 3. The molecule has 0 bridgehead atoms. The van der Waals surface area contributed by atoms with Crippen molar-refractivity contribution in [2.24, 2.45) is 0 Å². The van der Waals surface area contributed by atoms with Gasteiger partial charge in [0.2, 0.25) is 5.91 Å². The van der Waals surface area contributed by atoms with Crippen LogP contribution in [-0.4, -0.2) is 64.8 Å². The summed E-state index contributed by atoms with van der Waals surface area (Å²) in [6.07, 6.45) is 2.16. The zero-order chi connectivity index (χ0) is 16.4. The molecule has 1 spiro atoms. The van der Waals surface area contributed by atoms with E-state index < -0.39 is 5.60 Å². The van der Waals surface area contributed by atoms with Crippen molar-refractivity contribution in [2.75, 3.05) is 32.4 Å². The van der Waals surface area contributed by atoms with E-state index in [1.54, 1.807) is 23.3 Å². The Bertz CT molecular complexity index is 607. The maximum Gasteiger partial charge on any atom is 0.410 e. The molecule has 2 aliphatic rings. The molecular weight excluding hydrogens is 334 g/mol. The molecule has 2 amide bonds. The molecule has 0 saturated carbocycles.